The van der Waals surface area contributed by atoms with Crippen molar-refractivity contribution < 1.29 is 19.2 Å². The minimum Gasteiger partial charge on any atom is -0.480 e. The van der Waals surface area contributed by atoms with Gasteiger partial charge in [-0.3, -0.25) is 4.79 Å². The molecule has 1 aromatic carbocycles. The van der Waals surface area contributed by atoms with Crippen LogP contribution in [0.1, 0.15) is 56.5 Å². The number of aliphatic carboxylic acids is 1. The molecule has 1 atom stereocenters. The Kier molecular flexibility index (Phi) is 5.30. The fourth-order valence-electron chi connectivity index (χ4n) is 3.20. The van der Waals surface area contributed by atoms with Gasteiger partial charge in [0.1, 0.15) is 6.04 Å². The van der Waals surface area contributed by atoms with Gasteiger partial charge in [-0.05, 0) is 17.5 Å². The molecule has 3 rings (SSSR count). The second-order valence-electron chi connectivity index (χ2n) is 7.96. The van der Waals surface area contributed by atoms with E-state index in [1.54, 1.807) is 0 Å². The summed E-state index contributed by atoms with van der Waals surface area (Å²) in [6, 6.07) is 6.86. The predicted molar refractivity (Wildman–Crippen MR) is 98.1 cm³/mol. The topological polar surface area (TPSA) is 96.5 Å². The molecule has 0 radical (unpaired) electrons. The first-order valence-electron chi connectivity index (χ1n) is 9.18. The Labute approximate surface area is 158 Å². The van der Waals surface area contributed by atoms with Crippen molar-refractivity contribution in [2.75, 3.05) is 0 Å². The summed E-state index contributed by atoms with van der Waals surface area (Å²) in [6.45, 7) is 6.35. The highest BCUT2D eigenvalue weighted by molar-refractivity contribution is 5.84. The van der Waals surface area contributed by atoms with E-state index < -0.39 is 12.0 Å². The van der Waals surface area contributed by atoms with E-state index in [2.05, 4.69) is 10.1 Å². The molecule has 0 spiro atoms. The van der Waals surface area contributed by atoms with Gasteiger partial charge in [0, 0.05) is 31.2 Å². The van der Waals surface area contributed by atoms with E-state index in [1.807, 2.05) is 45.0 Å². The summed E-state index contributed by atoms with van der Waals surface area (Å²) in [5.74, 6) is 0.0194. The van der Waals surface area contributed by atoms with Crippen molar-refractivity contribution in [2.24, 2.45) is 0 Å². The van der Waals surface area contributed by atoms with Crippen molar-refractivity contribution in [3.05, 3.63) is 47.1 Å². The third kappa shape index (κ3) is 4.35. The number of carbonyl (C=O) groups excluding carboxylic acids is 1. The lowest BCUT2D eigenvalue weighted by atomic mass is 9.93. The van der Waals surface area contributed by atoms with Gasteiger partial charge in [-0.2, -0.15) is 4.98 Å². The number of rotatable bonds is 5. The van der Waals surface area contributed by atoms with Crippen LogP contribution in [0.3, 0.4) is 0 Å². The summed E-state index contributed by atoms with van der Waals surface area (Å²) in [5.41, 5.74) is 1.82. The van der Waals surface area contributed by atoms with Crippen LogP contribution < -0.4 is 0 Å². The summed E-state index contributed by atoms with van der Waals surface area (Å²) in [7, 11) is 0. The largest absolute Gasteiger partial charge is 0.480 e. The Morgan fingerprint density at radius 2 is 1.96 bits per heavy atom. The highest BCUT2D eigenvalue weighted by atomic mass is 16.5. The molecule has 0 unspecified atom stereocenters. The first-order valence-corrected chi connectivity index (χ1v) is 9.18. The molecule has 1 aliphatic rings. The molecule has 2 heterocycles. The van der Waals surface area contributed by atoms with E-state index in [0.29, 0.717) is 37.5 Å². The number of amides is 1. The second kappa shape index (κ2) is 7.50. The van der Waals surface area contributed by atoms with Gasteiger partial charge in [0.25, 0.3) is 0 Å². The summed E-state index contributed by atoms with van der Waals surface area (Å²) < 4.78 is 5.24. The standard InChI is InChI=1S/C20H25N3O4/c1-20(2,3)19-21-16(27-22-19)9-6-10-17(24)23-12-14-8-5-4-7-13(14)11-15(23)18(25)26/h4-5,7-8,15H,6,9-12H2,1-3H3,(H,25,26)/t15-/m0/s1. The molecule has 144 valence electrons. The molecule has 0 bridgehead atoms. The molecular formula is C20H25N3O4. The van der Waals surface area contributed by atoms with Crippen molar-refractivity contribution >= 4 is 11.9 Å². The first-order chi connectivity index (χ1) is 12.8. The Balaban J connectivity index is 1.61. The minimum atomic E-state index is -0.968. The van der Waals surface area contributed by atoms with Crippen molar-refractivity contribution in [1.29, 1.82) is 0 Å². The molecule has 0 fully saturated rings. The van der Waals surface area contributed by atoms with E-state index in [4.69, 9.17) is 4.52 Å². The van der Waals surface area contributed by atoms with Crippen molar-refractivity contribution in [3.63, 3.8) is 0 Å². The highest BCUT2D eigenvalue weighted by Gasteiger charge is 2.34. The maximum Gasteiger partial charge on any atom is 0.326 e. The number of carboxylic acid groups (broad SMARTS) is 1. The lowest BCUT2D eigenvalue weighted by Gasteiger charge is -2.34. The van der Waals surface area contributed by atoms with Crippen LogP contribution >= 0.6 is 0 Å². The molecule has 1 amide bonds. The number of benzene rings is 1. The molecule has 1 aromatic heterocycles. The lowest BCUT2D eigenvalue weighted by molar-refractivity contribution is -0.151. The fourth-order valence-corrected chi connectivity index (χ4v) is 3.20. The molecule has 27 heavy (non-hydrogen) atoms. The van der Waals surface area contributed by atoms with Crippen molar-refractivity contribution in [2.45, 2.75) is 64.5 Å². The molecule has 7 nitrogen and oxygen atoms in total. The third-order valence-corrected chi connectivity index (χ3v) is 4.77. The second-order valence-corrected chi connectivity index (χ2v) is 7.96. The summed E-state index contributed by atoms with van der Waals surface area (Å²) >= 11 is 0. The van der Waals surface area contributed by atoms with E-state index in [-0.39, 0.29) is 17.7 Å². The zero-order chi connectivity index (χ0) is 19.6. The van der Waals surface area contributed by atoms with Crippen LogP contribution in [0.25, 0.3) is 0 Å². The Morgan fingerprint density at radius 1 is 1.26 bits per heavy atom. The fraction of sp³-hybridized carbons (Fsp3) is 0.500. The van der Waals surface area contributed by atoms with Gasteiger partial charge < -0.3 is 14.5 Å². The molecule has 2 aromatic rings. The van der Waals surface area contributed by atoms with E-state index in [0.717, 1.165) is 11.1 Å². The van der Waals surface area contributed by atoms with Gasteiger partial charge >= 0.3 is 5.97 Å². The van der Waals surface area contributed by atoms with Crippen LogP contribution in [0, 0.1) is 0 Å². The van der Waals surface area contributed by atoms with Gasteiger partial charge in [-0.15, -0.1) is 0 Å². The van der Waals surface area contributed by atoms with E-state index in [1.165, 1.54) is 4.90 Å². The molecule has 0 saturated carbocycles. The smallest absolute Gasteiger partial charge is 0.326 e. The lowest BCUT2D eigenvalue weighted by Crippen LogP contribution is -2.48. The molecule has 1 aliphatic heterocycles. The molecule has 1 N–H and O–H groups in total. The Hall–Kier alpha value is -2.70. The third-order valence-electron chi connectivity index (χ3n) is 4.77. The molecule has 0 aliphatic carbocycles. The van der Waals surface area contributed by atoms with Gasteiger partial charge in [0.2, 0.25) is 11.8 Å². The van der Waals surface area contributed by atoms with Gasteiger partial charge in [-0.1, -0.05) is 50.2 Å². The molecular weight excluding hydrogens is 346 g/mol. The van der Waals surface area contributed by atoms with E-state index >= 15 is 0 Å². The average molecular weight is 371 g/mol. The zero-order valence-corrected chi connectivity index (χ0v) is 15.9. The maximum absolute atomic E-state index is 12.7. The SMILES string of the molecule is CC(C)(C)c1noc(CCCC(=O)N2Cc3ccccc3C[C@H]2C(=O)O)n1. The number of aromatic nitrogens is 2. The number of hydrogen-bond acceptors (Lipinski definition) is 5. The van der Waals surface area contributed by atoms with Crippen molar-refractivity contribution in [3.8, 4) is 0 Å². The number of carbonyl (C=O) groups is 2. The number of carboxylic acids is 1. The number of hydrogen-bond donors (Lipinski definition) is 1. The zero-order valence-electron chi connectivity index (χ0n) is 15.9. The van der Waals surface area contributed by atoms with Gasteiger partial charge in [0.15, 0.2) is 5.82 Å². The number of fused-ring (bicyclic) bond motifs is 1. The maximum atomic E-state index is 12.7. The van der Waals surface area contributed by atoms with Crippen molar-refractivity contribution in [1.82, 2.24) is 15.0 Å². The summed E-state index contributed by atoms with van der Waals surface area (Å²) in [4.78, 5) is 30.2. The Morgan fingerprint density at radius 3 is 2.59 bits per heavy atom. The van der Waals surface area contributed by atoms with Crippen LogP contribution in [0.15, 0.2) is 28.8 Å². The summed E-state index contributed by atoms with van der Waals surface area (Å²) in [6.07, 6.45) is 1.63. The normalized spacial score (nSPS) is 16.9. The predicted octanol–water partition coefficient (Wildman–Crippen LogP) is 2.73. The number of aryl methyl sites for hydroxylation is 1. The van der Waals surface area contributed by atoms with Crippen LogP contribution in [-0.2, 0) is 34.4 Å². The highest BCUT2D eigenvalue weighted by Crippen LogP contribution is 2.25. The van der Waals surface area contributed by atoms with Crippen LogP contribution in [0.5, 0.6) is 0 Å². The van der Waals surface area contributed by atoms with Crippen LogP contribution in [-0.4, -0.2) is 38.1 Å². The van der Waals surface area contributed by atoms with Crippen LogP contribution in [0.2, 0.25) is 0 Å². The molecule has 7 heteroatoms. The average Bonchev–Trinajstić information content (AvgIpc) is 3.09. The monoisotopic (exact) mass is 371 g/mol. The summed E-state index contributed by atoms with van der Waals surface area (Å²) in [5, 5.41) is 13.5. The molecule has 0 saturated heterocycles. The number of nitrogens with zero attached hydrogens (tertiary/aromatic N) is 3. The van der Waals surface area contributed by atoms with Crippen LogP contribution in [0.4, 0.5) is 0 Å². The van der Waals surface area contributed by atoms with E-state index in [9.17, 15) is 14.7 Å². The minimum absolute atomic E-state index is 0.160. The Bertz CT molecular complexity index is 838. The quantitative estimate of drug-likeness (QED) is 0.868. The van der Waals surface area contributed by atoms with Gasteiger partial charge in [-0.25, -0.2) is 4.79 Å². The first kappa shape index (κ1) is 19.1. The van der Waals surface area contributed by atoms with Gasteiger partial charge in [0.05, 0.1) is 0 Å².